The first-order chi connectivity index (χ1) is 8.40. The largest absolute Gasteiger partial charge is 0.489 e. The Labute approximate surface area is 114 Å². The van der Waals surface area contributed by atoms with E-state index < -0.39 is 17.9 Å². The van der Waals surface area contributed by atoms with Gasteiger partial charge in [-0.15, -0.1) is 0 Å². The van der Waals surface area contributed by atoms with Gasteiger partial charge in [0.1, 0.15) is 12.4 Å². The highest BCUT2D eigenvalue weighted by Crippen LogP contribution is 2.27. The van der Waals surface area contributed by atoms with E-state index in [9.17, 15) is 9.59 Å². The van der Waals surface area contributed by atoms with Crippen molar-refractivity contribution in [1.82, 2.24) is 5.32 Å². The number of hydrogen-bond donors (Lipinski definition) is 2. The number of carbonyl (C=O) groups excluding carboxylic acids is 1. The lowest BCUT2D eigenvalue weighted by atomic mass is 10.3. The zero-order valence-corrected chi connectivity index (χ0v) is 11.0. The molecule has 0 radical (unpaired) electrons. The van der Waals surface area contributed by atoms with Gasteiger partial charge in [-0.2, -0.15) is 0 Å². The van der Waals surface area contributed by atoms with E-state index in [-0.39, 0.29) is 12.4 Å². The number of halogens is 2. The predicted molar refractivity (Wildman–Crippen MR) is 67.2 cm³/mol. The molecule has 0 fully saturated rings. The fraction of sp³-hybridized carbons (Fsp3) is 0.273. The Morgan fingerprint density at radius 2 is 2.11 bits per heavy atom. The lowest BCUT2D eigenvalue weighted by Gasteiger charge is -2.15. The minimum Gasteiger partial charge on any atom is -0.489 e. The predicted octanol–water partition coefficient (Wildman–Crippen LogP) is 1.96. The summed E-state index contributed by atoms with van der Waals surface area (Å²) in [5, 5.41) is 11.8. The maximum Gasteiger partial charge on any atom is 0.329 e. The summed E-state index contributed by atoms with van der Waals surface area (Å²) < 4.78 is 5.23. The van der Waals surface area contributed by atoms with Gasteiger partial charge in [0.15, 0.2) is 6.04 Å². The Balaban J connectivity index is 2.69. The van der Waals surface area contributed by atoms with E-state index in [0.29, 0.717) is 10.0 Å². The molecule has 1 atom stereocenters. The van der Waals surface area contributed by atoms with Crippen molar-refractivity contribution in [3.8, 4) is 5.75 Å². The zero-order chi connectivity index (χ0) is 13.7. The van der Waals surface area contributed by atoms with Crippen LogP contribution in [0, 0.1) is 0 Å². The molecular formula is C11H11Cl2NO4. The number of carbonyl (C=O) groups is 2. The highest BCUT2D eigenvalue weighted by molar-refractivity contribution is 6.34. The Kier molecular flexibility index (Phi) is 5.25. The lowest BCUT2D eigenvalue weighted by molar-refractivity contribution is -0.142. The van der Waals surface area contributed by atoms with Crippen molar-refractivity contribution in [3.63, 3.8) is 0 Å². The van der Waals surface area contributed by atoms with Crippen LogP contribution in [-0.2, 0) is 9.59 Å². The summed E-state index contributed by atoms with van der Waals surface area (Å²) in [6, 6.07) is 3.45. The highest BCUT2D eigenvalue weighted by Gasteiger charge is 2.19. The first-order valence-corrected chi connectivity index (χ1v) is 5.73. The minimum absolute atomic E-state index is 0.241. The molecule has 5 nitrogen and oxygen atoms in total. The third-order valence-electron chi connectivity index (χ3n) is 1.97. The average molecular weight is 292 g/mol. The van der Waals surface area contributed by atoms with Gasteiger partial charge in [0.05, 0.1) is 5.02 Å². The second-order valence-electron chi connectivity index (χ2n) is 3.48. The molecule has 18 heavy (non-hydrogen) atoms. The van der Waals surface area contributed by atoms with Crippen LogP contribution in [0.4, 0.5) is 0 Å². The normalized spacial score (nSPS) is 11.7. The molecule has 7 heteroatoms. The van der Waals surface area contributed by atoms with Crippen molar-refractivity contribution in [2.75, 3.05) is 6.61 Å². The third-order valence-corrected chi connectivity index (χ3v) is 2.52. The number of benzene rings is 1. The molecular weight excluding hydrogens is 281 g/mol. The number of rotatable bonds is 5. The fourth-order valence-corrected chi connectivity index (χ4v) is 1.52. The van der Waals surface area contributed by atoms with E-state index in [1.54, 1.807) is 6.07 Å². The monoisotopic (exact) mass is 291 g/mol. The van der Waals surface area contributed by atoms with E-state index in [1.807, 2.05) is 0 Å². The molecule has 0 saturated carbocycles. The number of hydrogen-bond acceptors (Lipinski definition) is 3. The minimum atomic E-state index is -1.19. The van der Waals surface area contributed by atoms with Gasteiger partial charge in [-0.1, -0.05) is 23.2 Å². The van der Waals surface area contributed by atoms with E-state index in [0.717, 1.165) is 0 Å². The second kappa shape index (κ2) is 6.47. The molecule has 0 aliphatic rings. The Morgan fingerprint density at radius 3 is 2.67 bits per heavy atom. The van der Waals surface area contributed by atoms with Gasteiger partial charge in [-0.25, -0.2) is 4.79 Å². The Morgan fingerprint density at radius 1 is 1.44 bits per heavy atom. The maximum absolute atomic E-state index is 10.9. The fourth-order valence-electron chi connectivity index (χ4n) is 1.18. The molecule has 2 N–H and O–H groups in total. The van der Waals surface area contributed by atoms with Crippen molar-refractivity contribution in [2.45, 2.75) is 13.0 Å². The summed E-state index contributed by atoms with van der Waals surface area (Å²) in [6.45, 7) is 0.983. The molecule has 1 aromatic carbocycles. The Bertz CT molecular complexity index is 464. The topological polar surface area (TPSA) is 75.6 Å². The van der Waals surface area contributed by atoms with Gasteiger partial charge in [0, 0.05) is 18.0 Å². The number of carboxylic acid groups (broad SMARTS) is 1. The standard InChI is InChI=1S/C11H11Cl2NO4/c1-6(15)14-9(11(16)17)5-18-10-4-7(12)2-3-8(10)13/h2-4,9H,5H2,1H3,(H,14,15)(H,16,17). The molecule has 0 aliphatic heterocycles. The number of nitrogens with one attached hydrogen (secondary N) is 1. The molecule has 1 unspecified atom stereocenters. The van der Waals surface area contributed by atoms with Crippen LogP contribution in [-0.4, -0.2) is 29.6 Å². The molecule has 0 aromatic heterocycles. The first kappa shape index (κ1) is 14.6. The second-order valence-corrected chi connectivity index (χ2v) is 4.32. The molecule has 98 valence electrons. The summed E-state index contributed by atoms with van der Waals surface area (Å²) in [4.78, 5) is 21.7. The Hall–Kier alpha value is -1.46. The molecule has 0 saturated heterocycles. The maximum atomic E-state index is 10.9. The molecule has 0 heterocycles. The van der Waals surface area contributed by atoms with Crippen molar-refractivity contribution in [3.05, 3.63) is 28.2 Å². The van der Waals surface area contributed by atoms with Crippen LogP contribution in [0.25, 0.3) is 0 Å². The SMILES string of the molecule is CC(=O)NC(COc1cc(Cl)ccc1Cl)C(=O)O. The third kappa shape index (κ3) is 4.43. The summed E-state index contributed by atoms with van der Waals surface area (Å²) >= 11 is 11.6. The number of aliphatic carboxylic acids is 1. The molecule has 1 aromatic rings. The van der Waals surface area contributed by atoms with Crippen molar-refractivity contribution in [1.29, 1.82) is 0 Å². The van der Waals surface area contributed by atoms with Crippen LogP contribution >= 0.6 is 23.2 Å². The first-order valence-electron chi connectivity index (χ1n) is 4.98. The quantitative estimate of drug-likeness (QED) is 0.870. The smallest absolute Gasteiger partial charge is 0.329 e. The lowest BCUT2D eigenvalue weighted by Crippen LogP contribution is -2.43. The van der Waals surface area contributed by atoms with Gasteiger partial charge in [-0.05, 0) is 12.1 Å². The van der Waals surface area contributed by atoms with Crippen molar-refractivity contribution in [2.24, 2.45) is 0 Å². The number of carboxylic acids is 1. The molecule has 0 spiro atoms. The van der Waals surface area contributed by atoms with E-state index in [4.69, 9.17) is 33.0 Å². The van der Waals surface area contributed by atoms with Crippen molar-refractivity contribution < 1.29 is 19.4 Å². The summed E-state index contributed by atoms with van der Waals surface area (Å²) in [5.74, 6) is -1.38. The van der Waals surface area contributed by atoms with Crippen LogP contribution in [0.1, 0.15) is 6.92 Å². The van der Waals surface area contributed by atoms with Crippen LogP contribution in [0.2, 0.25) is 10.0 Å². The van der Waals surface area contributed by atoms with Crippen molar-refractivity contribution >= 4 is 35.1 Å². The zero-order valence-electron chi connectivity index (χ0n) is 9.44. The number of ether oxygens (including phenoxy) is 1. The van der Waals surface area contributed by atoms with Gasteiger partial charge >= 0.3 is 5.97 Å². The van der Waals surface area contributed by atoms with E-state index in [1.165, 1.54) is 19.1 Å². The number of amides is 1. The highest BCUT2D eigenvalue weighted by atomic mass is 35.5. The summed E-state index contributed by atoms with van der Waals surface area (Å²) in [5.41, 5.74) is 0. The summed E-state index contributed by atoms with van der Waals surface area (Å²) in [6.07, 6.45) is 0. The molecule has 0 bridgehead atoms. The average Bonchev–Trinajstić information content (AvgIpc) is 2.27. The van der Waals surface area contributed by atoms with Gasteiger partial charge < -0.3 is 15.2 Å². The van der Waals surface area contributed by atoms with Gasteiger partial charge in [-0.3, -0.25) is 4.79 Å². The van der Waals surface area contributed by atoms with Crippen LogP contribution in [0.5, 0.6) is 5.75 Å². The van der Waals surface area contributed by atoms with Crippen LogP contribution in [0.15, 0.2) is 18.2 Å². The summed E-state index contributed by atoms with van der Waals surface area (Å²) in [7, 11) is 0. The molecule has 1 amide bonds. The van der Waals surface area contributed by atoms with Gasteiger partial charge in [0.25, 0.3) is 0 Å². The van der Waals surface area contributed by atoms with Gasteiger partial charge in [0.2, 0.25) is 5.91 Å². The van der Waals surface area contributed by atoms with E-state index in [2.05, 4.69) is 5.32 Å². The van der Waals surface area contributed by atoms with Crippen LogP contribution < -0.4 is 10.1 Å². The van der Waals surface area contributed by atoms with Crippen LogP contribution in [0.3, 0.4) is 0 Å². The molecule has 1 rings (SSSR count). The molecule has 0 aliphatic carbocycles. The van der Waals surface area contributed by atoms with E-state index >= 15 is 0 Å².